The van der Waals surface area contributed by atoms with Gasteiger partial charge in [-0.25, -0.2) is 0 Å². The van der Waals surface area contributed by atoms with Gasteiger partial charge in [-0.2, -0.15) is 5.26 Å². The number of carbonyl (C=O) groups excluding carboxylic acids is 1. The molecule has 0 radical (unpaired) electrons. The second kappa shape index (κ2) is 6.96. The number of hydrogen-bond donors (Lipinski definition) is 1. The second-order valence-electron chi connectivity index (χ2n) is 3.87. The third-order valence-electron chi connectivity index (χ3n) is 2.24. The summed E-state index contributed by atoms with van der Waals surface area (Å²) in [5.41, 5.74) is -0.0420. The van der Waals surface area contributed by atoms with Crippen molar-refractivity contribution in [3.05, 3.63) is 34.4 Å². The zero-order valence-corrected chi connectivity index (χ0v) is 10.3. The topological polar surface area (TPSA) is 105 Å². The van der Waals surface area contributed by atoms with Gasteiger partial charge in [0, 0.05) is 18.7 Å². The van der Waals surface area contributed by atoms with Crippen LogP contribution in [0.4, 0.5) is 5.69 Å². The summed E-state index contributed by atoms with van der Waals surface area (Å²) in [6, 6.07) is 7.42. The number of ether oxygens (including phenoxy) is 1. The normalized spacial score (nSPS) is 11.2. The van der Waals surface area contributed by atoms with Gasteiger partial charge in [0.05, 0.1) is 16.9 Å². The van der Waals surface area contributed by atoms with Crippen LogP contribution in [0.5, 0.6) is 5.75 Å². The largest absolute Gasteiger partial charge is 0.484 e. The average Bonchev–Trinajstić information content (AvgIpc) is 2.42. The van der Waals surface area contributed by atoms with E-state index in [9.17, 15) is 14.9 Å². The Balaban J connectivity index is 2.38. The summed E-state index contributed by atoms with van der Waals surface area (Å²) < 4.78 is 5.15. The number of hydrogen-bond acceptors (Lipinski definition) is 5. The Labute approximate surface area is 109 Å². The van der Waals surface area contributed by atoms with E-state index < -0.39 is 4.92 Å². The minimum atomic E-state index is -0.514. The average molecular weight is 263 g/mol. The van der Waals surface area contributed by atoms with Crippen molar-refractivity contribution in [2.45, 2.75) is 6.92 Å². The fourth-order valence-electron chi connectivity index (χ4n) is 1.18. The van der Waals surface area contributed by atoms with Crippen LogP contribution in [0, 0.1) is 27.4 Å². The van der Waals surface area contributed by atoms with Crippen LogP contribution < -0.4 is 10.1 Å². The summed E-state index contributed by atoms with van der Waals surface area (Å²) in [6.07, 6.45) is 0. The Morgan fingerprint density at radius 2 is 2.16 bits per heavy atom. The Bertz CT molecular complexity index is 493. The van der Waals surface area contributed by atoms with Gasteiger partial charge >= 0.3 is 0 Å². The van der Waals surface area contributed by atoms with Crippen molar-refractivity contribution in [1.29, 1.82) is 5.26 Å². The van der Waals surface area contributed by atoms with Crippen molar-refractivity contribution >= 4 is 11.6 Å². The van der Waals surface area contributed by atoms with Gasteiger partial charge in [0.25, 0.3) is 11.6 Å². The summed E-state index contributed by atoms with van der Waals surface area (Å²) in [5, 5.41) is 21.5. The first-order valence-electron chi connectivity index (χ1n) is 5.56. The van der Waals surface area contributed by atoms with Gasteiger partial charge in [-0.3, -0.25) is 14.9 Å². The molecule has 0 aliphatic carbocycles. The third kappa shape index (κ3) is 5.04. The molecule has 1 N–H and O–H groups in total. The molecular formula is C12H13N3O4. The molecule has 0 aliphatic rings. The van der Waals surface area contributed by atoms with Gasteiger partial charge < -0.3 is 10.1 Å². The molecular weight excluding hydrogens is 250 g/mol. The SMILES string of the molecule is CC(C#N)CNC(=O)COc1ccc([N+](=O)[O-])cc1. The van der Waals surface area contributed by atoms with Crippen LogP contribution in [-0.2, 0) is 4.79 Å². The van der Waals surface area contributed by atoms with E-state index in [1.54, 1.807) is 6.92 Å². The van der Waals surface area contributed by atoms with Crippen LogP contribution in [0.25, 0.3) is 0 Å². The monoisotopic (exact) mass is 263 g/mol. The van der Waals surface area contributed by atoms with Gasteiger partial charge in [-0.05, 0) is 19.1 Å². The van der Waals surface area contributed by atoms with E-state index in [0.29, 0.717) is 5.75 Å². The predicted molar refractivity (Wildman–Crippen MR) is 66.4 cm³/mol. The van der Waals surface area contributed by atoms with Crippen molar-refractivity contribution in [1.82, 2.24) is 5.32 Å². The number of carbonyl (C=O) groups is 1. The van der Waals surface area contributed by atoms with Crippen molar-refractivity contribution in [2.75, 3.05) is 13.2 Å². The van der Waals surface area contributed by atoms with Gasteiger partial charge in [0.2, 0.25) is 0 Å². The molecule has 0 spiro atoms. The van der Waals surface area contributed by atoms with Crippen LogP contribution >= 0.6 is 0 Å². The van der Waals surface area contributed by atoms with Gasteiger partial charge in [-0.1, -0.05) is 0 Å². The quantitative estimate of drug-likeness (QED) is 0.614. The fraction of sp³-hybridized carbons (Fsp3) is 0.333. The molecule has 1 amide bonds. The van der Waals surface area contributed by atoms with E-state index in [0.717, 1.165) is 0 Å². The van der Waals surface area contributed by atoms with E-state index >= 15 is 0 Å². The first-order chi connectivity index (χ1) is 9.02. The molecule has 100 valence electrons. The predicted octanol–water partition coefficient (Wildman–Crippen LogP) is 1.25. The van der Waals surface area contributed by atoms with E-state index in [2.05, 4.69) is 5.32 Å². The minimum Gasteiger partial charge on any atom is -0.484 e. The molecule has 0 bridgehead atoms. The maximum atomic E-state index is 11.4. The highest BCUT2D eigenvalue weighted by Crippen LogP contribution is 2.16. The van der Waals surface area contributed by atoms with Crippen molar-refractivity contribution < 1.29 is 14.5 Å². The lowest BCUT2D eigenvalue weighted by atomic mass is 10.2. The number of amides is 1. The molecule has 0 fully saturated rings. The number of benzene rings is 1. The highest BCUT2D eigenvalue weighted by atomic mass is 16.6. The Hall–Kier alpha value is -2.62. The third-order valence-corrected chi connectivity index (χ3v) is 2.24. The van der Waals surface area contributed by atoms with Gasteiger partial charge in [-0.15, -0.1) is 0 Å². The van der Waals surface area contributed by atoms with Crippen LogP contribution in [0.1, 0.15) is 6.92 Å². The van der Waals surface area contributed by atoms with E-state index in [4.69, 9.17) is 10.00 Å². The summed E-state index contributed by atoms with van der Waals surface area (Å²) >= 11 is 0. The molecule has 0 heterocycles. The number of rotatable bonds is 6. The molecule has 7 nitrogen and oxygen atoms in total. The Morgan fingerprint density at radius 1 is 1.53 bits per heavy atom. The van der Waals surface area contributed by atoms with Crippen molar-refractivity contribution in [3.63, 3.8) is 0 Å². The lowest BCUT2D eigenvalue weighted by molar-refractivity contribution is -0.384. The molecule has 1 atom stereocenters. The zero-order chi connectivity index (χ0) is 14.3. The molecule has 0 saturated heterocycles. The molecule has 1 aromatic rings. The molecule has 7 heteroatoms. The first-order valence-corrected chi connectivity index (χ1v) is 5.56. The van der Waals surface area contributed by atoms with Gasteiger partial charge in [0.15, 0.2) is 6.61 Å². The summed E-state index contributed by atoms with van der Waals surface area (Å²) in [7, 11) is 0. The highest BCUT2D eigenvalue weighted by molar-refractivity contribution is 5.77. The highest BCUT2D eigenvalue weighted by Gasteiger charge is 2.07. The van der Waals surface area contributed by atoms with Crippen LogP contribution in [0.2, 0.25) is 0 Å². The molecule has 1 rings (SSSR count). The lowest BCUT2D eigenvalue weighted by Crippen LogP contribution is -2.32. The Morgan fingerprint density at radius 3 is 2.68 bits per heavy atom. The zero-order valence-electron chi connectivity index (χ0n) is 10.3. The smallest absolute Gasteiger partial charge is 0.269 e. The van der Waals surface area contributed by atoms with Crippen LogP contribution in [0.15, 0.2) is 24.3 Å². The maximum absolute atomic E-state index is 11.4. The van der Waals surface area contributed by atoms with Crippen molar-refractivity contribution in [3.8, 4) is 11.8 Å². The number of nitro benzene ring substituents is 1. The molecule has 0 aliphatic heterocycles. The van der Waals surface area contributed by atoms with E-state index in [-0.39, 0.29) is 30.7 Å². The van der Waals surface area contributed by atoms with Crippen LogP contribution in [-0.4, -0.2) is 24.0 Å². The molecule has 1 aromatic carbocycles. The number of non-ortho nitro benzene ring substituents is 1. The number of nitrogens with zero attached hydrogens (tertiary/aromatic N) is 2. The molecule has 1 unspecified atom stereocenters. The summed E-state index contributed by atoms with van der Waals surface area (Å²) in [6.45, 7) is 1.76. The number of nitriles is 1. The van der Waals surface area contributed by atoms with Crippen molar-refractivity contribution in [2.24, 2.45) is 5.92 Å². The summed E-state index contributed by atoms with van der Waals surface area (Å²) in [5.74, 6) is -0.238. The standard InChI is InChI=1S/C12H13N3O4/c1-9(6-13)7-14-12(16)8-19-11-4-2-10(3-5-11)15(17)18/h2-5,9H,7-8H2,1H3,(H,14,16). The first kappa shape index (κ1) is 14.4. The lowest BCUT2D eigenvalue weighted by Gasteiger charge is -2.07. The maximum Gasteiger partial charge on any atom is 0.269 e. The van der Waals surface area contributed by atoms with E-state index in [1.807, 2.05) is 6.07 Å². The fourth-order valence-corrected chi connectivity index (χ4v) is 1.18. The molecule has 0 aromatic heterocycles. The minimum absolute atomic E-state index is 0.0420. The Kier molecular flexibility index (Phi) is 5.29. The summed E-state index contributed by atoms with van der Waals surface area (Å²) in [4.78, 5) is 21.3. The number of nitrogens with one attached hydrogen (secondary N) is 1. The van der Waals surface area contributed by atoms with E-state index in [1.165, 1.54) is 24.3 Å². The van der Waals surface area contributed by atoms with Crippen LogP contribution in [0.3, 0.4) is 0 Å². The van der Waals surface area contributed by atoms with Gasteiger partial charge in [0.1, 0.15) is 5.75 Å². The molecule has 19 heavy (non-hydrogen) atoms. The second-order valence-corrected chi connectivity index (χ2v) is 3.87. The molecule has 0 saturated carbocycles. The number of nitro groups is 1.